The number of hydrogen-bond acceptors (Lipinski definition) is 2. The maximum absolute atomic E-state index is 4.61. The molecule has 0 bridgehead atoms. The molecule has 0 amide bonds. The number of benzene rings is 1. The van der Waals surface area contributed by atoms with Gasteiger partial charge < -0.3 is 9.88 Å². The molecule has 1 aromatic carbocycles. The smallest absolute Gasteiger partial charge is 0.178 e. The summed E-state index contributed by atoms with van der Waals surface area (Å²) in [5.41, 5.74) is 3.68. The van der Waals surface area contributed by atoms with Crippen LogP contribution in [0.1, 0.15) is 24.4 Å². The Morgan fingerprint density at radius 1 is 1.35 bits per heavy atom. The summed E-state index contributed by atoms with van der Waals surface area (Å²) in [7, 11) is 0. The van der Waals surface area contributed by atoms with Crippen molar-refractivity contribution in [2.45, 2.75) is 25.8 Å². The minimum absolute atomic E-state index is 0.566. The van der Waals surface area contributed by atoms with Gasteiger partial charge in [-0.05, 0) is 60.4 Å². The largest absolute Gasteiger partial charge is 0.317 e. The second-order valence-corrected chi connectivity index (χ2v) is 5.38. The Morgan fingerprint density at radius 2 is 2.12 bits per heavy atom. The van der Waals surface area contributed by atoms with Gasteiger partial charge >= 0.3 is 0 Å². The zero-order chi connectivity index (χ0) is 11.8. The Labute approximate surface area is 109 Å². The van der Waals surface area contributed by atoms with Crippen molar-refractivity contribution in [2.24, 2.45) is 0 Å². The van der Waals surface area contributed by atoms with Crippen LogP contribution in [0, 0.1) is 6.92 Å². The van der Waals surface area contributed by atoms with E-state index in [1.807, 2.05) is 0 Å². The van der Waals surface area contributed by atoms with Crippen LogP contribution in [0.5, 0.6) is 0 Å². The first-order chi connectivity index (χ1) is 8.27. The quantitative estimate of drug-likeness (QED) is 0.876. The molecule has 1 fully saturated rings. The van der Waals surface area contributed by atoms with Crippen LogP contribution < -0.4 is 5.32 Å². The predicted octanol–water partition coefficient (Wildman–Crippen LogP) is 3.03. The first-order valence-corrected chi connectivity index (χ1v) is 6.90. The lowest BCUT2D eigenvalue weighted by Crippen LogP contribution is -2.29. The van der Waals surface area contributed by atoms with E-state index in [9.17, 15) is 0 Å². The number of halogens is 1. The molecule has 1 aliphatic heterocycles. The van der Waals surface area contributed by atoms with Gasteiger partial charge in [-0.25, -0.2) is 4.98 Å². The second kappa shape index (κ2) is 4.42. The molecule has 1 saturated heterocycles. The molecule has 2 heterocycles. The summed E-state index contributed by atoms with van der Waals surface area (Å²) in [6, 6.07) is 6.89. The van der Waals surface area contributed by atoms with Crippen molar-refractivity contribution in [3.05, 3.63) is 28.5 Å². The van der Waals surface area contributed by atoms with Crippen LogP contribution >= 0.6 is 15.9 Å². The SMILES string of the molecule is Cc1cccc2nc(Br)n(C3CCNCC3)c12. The van der Waals surface area contributed by atoms with Crippen molar-refractivity contribution in [2.75, 3.05) is 13.1 Å². The zero-order valence-electron chi connectivity index (χ0n) is 9.91. The highest BCUT2D eigenvalue weighted by atomic mass is 79.9. The van der Waals surface area contributed by atoms with Crippen LogP contribution in [0.15, 0.2) is 22.9 Å². The number of aromatic nitrogens is 2. The van der Waals surface area contributed by atoms with E-state index in [1.165, 1.54) is 23.9 Å². The Balaban J connectivity index is 2.16. The molecule has 2 aromatic rings. The minimum Gasteiger partial charge on any atom is -0.317 e. The molecule has 0 atom stereocenters. The Hall–Kier alpha value is -0.870. The van der Waals surface area contributed by atoms with E-state index in [1.54, 1.807) is 0 Å². The molecule has 1 aliphatic rings. The molecule has 1 N–H and O–H groups in total. The van der Waals surface area contributed by atoms with E-state index >= 15 is 0 Å². The van der Waals surface area contributed by atoms with E-state index in [0.717, 1.165) is 23.3 Å². The molecule has 1 aromatic heterocycles. The van der Waals surface area contributed by atoms with E-state index in [4.69, 9.17) is 0 Å². The highest BCUT2D eigenvalue weighted by molar-refractivity contribution is 9.10. The average Bonchev–Trinajstić information content (AvgIpc) is 2.68. The van der Waals surface area contributed by atoms with Gasteiger partial charge in [-0.3, -0.25) is 0 Å². The number of imidazole rings is 1. The highest BCUT2D eigenvalue weighted by Gasteiger charge is 2.20. The van der Waals surface area contributed by atoms with E-state index < -0.39 is 0 Å². The number of fused-ring (bicyclic) bond motifs is 1. The highest BCUT2D eigenvalue weighted by Crippen LogP contribution is 2.30. The lowest BCUT2D eigenvalue weighted by Gasteiger charge is -2.25. The summed E-state index contributed by atoms with van der Waals surface area (Å²) in [6.07, 6.45) is 2.36. The van der Waals surface area contributed by atoms with Crippen LogP contribution in [-0.2, 0) is 0 Å². The van der Waals surface area contributed by atoms with E-state index in [-0.39, 0.29) is 0 Å². The number of hydrogen-bond donors (Lipinski definition) is 1. The van der Waals surface area contributed by atoms with Gasteiger partial charge in [0, 0.05) is 6.04 Å². The first-order valence-electron chi connectivity index (χ1n) is 6.11. The van der Waals surface area contributed by atoms with Crippen LogP contribution in [0.2, 0.25) is 0 Å². The summed E-state index contributed by atoms with van der Waals surface area (Å²) in [5.74, 6) is 0. The van der Waals surface area contributed by atoms with Gasteiger partial charge in [0.1, 0.15) is 0 Å². The Kier molecular flexibility index (Phi) is 2.92. The van der Waals surface area contributed by atoms with E-state index in [0.29, 0.717) is 6.04 Å². The van der Waals surface area contributed by atoms with Gasteiger partial charge in [-0.1, -0.05) is 12.1 Å². The summed E-state index contributed by atoms with van der Waals surface area (Å²) in [6.45, 7) is 4.36. The van der Waals surface area contributed by atoms with Gasteiger partial charge in [0.2, 0.25) is 0 Å². The number of piperidine rings is 1. The number of rotatable bonds is 1. The third-order valence-electron chi connectivity index (χ3n) is 3.54. The third-order valence-corrected chi connectivity index (χ3v) is 4.10. The van der Waals surface area contributed by atoms with E-state index in [2.05, 4.69) is 55.9 Å². The monoisotopic (exact) mass is 293 g/mol. The molecular weight excluding hydrogens is 278 g/mol. The molecule has 0 aliphatic carbocycles. The minimum atomic E-state index is 0.566. The molecule has 4 heteroatoms. The maximum atomic E-state index is 4.61. The lowest BCUT2D eigenvalue weighted by atomic mass is 10.1. The van der Waals surface area contributed by atoms with Crippen LogP contribution in [0.4, 0.5) is 0 Å². The second-order valence-electron chi connectivity index (χ2n) is 4.67. The first kappa shape index (κ1) is 11.2. The summed E-state index contributed by atoms with van der Waals surface area (Å²) in [5, 5.41) is 3.41. The van der Waals surface area contributed by atoms with Gasteiger partial charge in [0.15, 0.2) is 4.73 Å². The molecule has 0 saturated carbocycles. The molecule has 90 valence electrons. The molecule has 0 spiro atoms. The summed E-state index contributed by atoms with van der Waals surface area (Å²) < 4.78 is 3.33. The zero-order valence-corrected chi connectivity index (χ0v) is 11.5. The Morgan fingerprint density at radius 3 is 2.88 bits per heavy atom. The van der Waals surface area contributed by atoms with Gasteiger partial charge in [0.25, 0.3) is 0 Å². The normalized spacial score (nSPS) is 17.8. The molecule has 0 unspecified atom stereocenters. The van der Waals surface area contributed by atoms with Gasteiger partial charge in [-0.15, -0.1) is 0 Å². The average molecular weight is 294 g/mol. The number of nitrogens with zero attached hydrogens (tertiary/aromatic N) is 2. The van der Waals surface area contributed by atoms with Crippen molar-refractivity contribution < 1.29 is 0 Å². The number of para-hydroxylation sites is 1. The fraction of sp³-hybridized carbons (Fsp3) is 0.462. The fourth-order valence-corrected chi connectivity index (χ4v) is 3.35. The van der Waals surface area contributed by atoms with Gasteiger partial charge in [-0.2, -0.15) is 0 Å². The number of nitrogens with one attached hydrogen (secondary N) is 1. The number of aryl methyl sites for hydroxylation is 1. The standard InChI is InChI=1S/C13H16BrN3/c1-9-3-2-4-11-12(9)17(13(14)16-11)10-5-7-15-8-6-10/h2-4,10,15H,5-8H2,1H3. The Bertz CT molecular complexity index is 541. The lowest BCUT2D eigenvalue weighted by molar-refractivity contribution is 0.370. The topological polar surface area (TPSA) is 29.9 Å². The fourth-order valence-electron chi connectivity index (χ4n) is 2.69. The van der Waals surface area contributed by atoms with Crippen molar-refractivity contribution in [1.29, 1.82) is 0 Å². The van der Waals surface area contributed by atoms with Crippen molar-refractivity contribution in [3.63, 3.8) is 0 Å². The van der Waals surface area contributed by atoms with Crippen molar-refractivity contribution >= 4 is 27.0 Å². The molecule has 0 radical (unpaired) electrons. The summed E-state index contributed by atoms with van der Waals surface area (Å²) in [4.78, 5) is 4.61. The molecule has 3 nitrogen and oxygen atoms in total. The molecule has 17 heavy (non-hydrogen) atoms. The third kappa shape index (κ3) is 1.89. The van der Waals surface area contributed by atoms with Crippen LogP contribution in [0.3, 0.4) is 0 Å². The molecular formula is C13H16BrN3. The van der Waals surface area contributed by atoms with Crippen LogP contribution in [-0.4, -0.2) is 22.6 Å². The van der Waals surface area contributed by atoms with Crippen molar-refractivity contribution in [1.82, 2.24) is 14.9 Å². The molecule has 3 rings (SSSR count). The van der Waals surface area contributed by atoms with Gasteiger partial charge in [0.05, 0.1) is 11.0 Å². The van der Waals surface area contributed by atoms with Crippen LogP contribution in [0.25, 0.3) is 11.0 Å². The predicted molar refractivity (Wildman–Crippen MR) is 73.3 cm³/mol. The maximum Gasteiger partial charge on any atom is 0.178 e. The van der Waals surface area contributed by atoms with Crippen molar-refractivity contribution in [3.8, 4) is 0 Å². The summed E-state index contributed by atoms with van der Waals surface area (Å²) >= 11 is 3.61.